The maximum Gasteiger partial charge on any atom is 0.303 e. The van der Waals surface area contributed by atoms with E-state index in [0.29, 0.717) is 0 Å². The van der Waals surface area contributed by atoms with Gasteiger partial charge in [-0.3, -0.25) is 4.79 Å². The summed E-state index contributed by atoms with van der Waals surface area (Å²) in [4.78, 5) is 10.3. The van der Waals surface area contributed by atoms with Crippen molar-refractivity contribution >= 4 is 5.97 Å². The van der Waals surface area contributed by atoms with Gasteiger partial charge in [0.2, 0.25) is 0 Å². The van der Waals surface area contributed by atoms with Gasteiger partial charge in [-0.2, -0.15) is 0 Å². The van der Waals surface area contributed by atoms with Crippen LogP contribution in [0.4, 0.5) is 0 Å². The van der Waals surface area contributed by atoms with Crippen LogP contribution in [0.5, 0.6) is 0 Å². The zero-order valence-electron chi connectivity index (χ0n) is 6.05. The predicted molar refractivity (Wildman–Crippen MR) is 36.0 cm³/mol. The summed E-state index contributed by atoms with van der Waals surface area (Å²) in [6, 6.07) is 0. The Morgan fingerprint density at radius 3 is 2.56 bits per heavy atom. The summed E-state index contributed by atoms with van der Waals surface area (Å²) in [6.45, 7) is 5.11. The SMILES string of the molecule is C/C=C/[C@H](C)OC(C)=O. The fraction of sp³-hybridized carbons (Fsp3) is 0.571. The first-order valence-corrected chi connectivity index (χ1v) is 2.97. The summed E-state index contributed by atoms with van der Waals surface area (Å²) < 4.78 is 4.76. The molecule has 0 aliphatic heterocycles. The van der Waals surface area contributed by atoms with Crippen molar-refractivity contribution in [3.63, 3.8) is 0 Å². The number of hydrogen-bond acceptors (Lipinski definition) is 2. The van der Waals surface area contributed by atoms with Gasteiger partial charge in [0.05, 0.1) is 0 Å². The van der Waals surface area contributed by atoms with E-state index in [9.17, 15) is 4.79 Å². The highest BCUT2D eigenvalue weighted by Gasteiger charge is 1.97. The van der Waals surface area contributed by atoms with Crippen LogP contribution in [0.3, 0.4) is 0 Å². The van der Waals surface area contributed by atoms with Gasteiger partial charge >= 0.3 is 5.97 Å². The van der Waals surface area contributed by atoms with Gasteiger partial charge in [0.15, 0.2) is 0 Å². The van der Waals surface area contributed by atoms with E-state index in [4.69, 9.17) is 4.74 Å². The molecule has 0 bridgehead atoms. The van der Waals surface area contributed by atoms with Crippen molar-refractivity contribution in [1.82, 2.24) is 0 Å². The van der Waals surface area contributed by atoms with Crippen LogP contribution in [0.2, 0.25) is 0 Å². The molecule has 2 heteroatoms. The van der Waals surface area contributed by atoms with E-state index in [1.807, 2.05) is 26.0 Å². The Hall–Kier alpha value is -0.790. The Morgan fingerprint density at radius 1 is 1.67 bits per heavy atom. The van der Waals surface area contributed by atoms with Crippen LogP contribution in [-0.2, 0) is 9.53 Å². The smallest absolute Gasteiger partial charge is 0.303 e. The maximum absolute atomic E-state index is 10.3. The summed E-state index contributed by atoms with van der Waals surface area (Å²) in [5, 5.41) is 0. The molecule has 0 fully saturated rings. The highest BCUT2D eigenvalue weighted by molar-refractivity contribution is 5.66. The maximum atomic E-state index is 10.3. The largest absolute Gasteiger partial charge is 0.459 e. The third-order valence-corrected chi connectivity index (χ3v) is 0.815. The zero-order chi connectivity index (χ0) is 7.28. The summed E-state index contributed by atoms with van der Waals surface area (Å²) >= 11 is 0. The van der Waals surface area contributed by atoms with E-state index in [0.717, 1.165) is 0 Å². The molecule has 1 atom stereocenters. The van der Waals surface area contributed by atoms with Gasteiger partial charge in [0, 0.05) is 6.92 Å². The van der Waals surface area contributed by atoms with Gasteiger partial charge in [0.1, 0.15) is 6.10 Å². The summed E-state index contributed by atoms with van der Waals surface area (Å²) in [5.41, 5.74) is 0. The Bertz CT molecular complexity index is 116. The number of rotatable bonds is 2. The molecule has 0 heterocycles. The molecule has 0 aromatic carbocycles. The van der Waals surface area contributed by atoms with Crippen molar-refractivity contribution < 1.29 is 9.53 Å². The number of allylic oxidation sites excluding steroid dienone is 1. The lowest BCUT2D eigenvalue weighted by atomic mass is 10.4. The van der Waals surface area contributed by atoms with Crippen molar-refractivity contribution in [3.05, 3.63) is 12.2 Å². The van der Waals surface area contributed by atoms with Gasteiger partial charge in [0.25, 0.3) is 0 Å². The molecule has 0 saturated carbocycles. The highest BCUT2D eigenvalue weighted by atomic mass is 16.5. The zero-order valence-corrected chi connectivity index (χ0v) is 6.05. The molecule has 0 radical (unpaired) electrons. The molecular weight excluding hydrogens is 116 g/mol. The van der Waals surface area contributed by atoms with Crippen LogP contribution in [0.1, 0.15) is 20.8 Å². The first kappa shape index (κ1) is 8.21. The fourth-order valence-electron chi connectivity index (χ4n) is 0.572. The van der Waals surface area contributed by atoms with Gasteiger partial charge in [-0.15, -0.1) is 0 Å². The third-order valence-electron chi connectivity index (χ3n) is 0.815. The van der Waals surface area contributed by atoms with E-state index in [1.165, 1.54) is 6.92 Å². The third kappa shape index (κ3) is 5.07. The van der Waals surface area contributed by atoms with E-state index in [1.54, 1.807) is 0 Å². The Morgan fingerprint density at radius 2 is 2.22 bits per heavy atom. The standard InChI is InChI=1S/C7H12O2/c1-4-5-6(2)9-7(3)8/h4-6H,1-3H3/b5-4+/t6-/m0/s1. The molecule has 0 unspecified atom stereocenters. The highest BCUT2D eigenvalue weighted by Crippen LogP contribution is 1.91. The first-order valence-electron chi connectivity index (χ1n) is 2.97. The average molecular weight is 128 g/mol. The monoisotopic (exact) mass is 128 g/mol. The first-order chi connectivity index (χ1) is 4.16. The Kier molecular flexibility index (Phi) is 3.76. The molecule has 0 saturated heterocycles. The molecular formula is C7H12O2. The van der Waals surface area contributed by atoms with Gasteiger partial charge in [-0.1, -0.05) is 6.08 Å². The molecule has 0 spiro atoms. The van der Waals surface area contributed by atoms with Crippen LogP contribution in [0.15, 0.2) is 12.2 Å². The van der Waals surface area contributed by atoms with Crippen molar-refractivity contribution in [2.24, 2.45) is 0 Å². The second-order valence-electron chi connectivity index (χ2n) is 1.84. The predicted octanol–water partition coefficient (Wildman–Crippen LogP) is 1.51. The summed E-state index contributed by atoms with van der Waals surface area (Å²) in [6.07, 6.45) is 3.59. The Balaban J connectivity index is 3.50. The minimum Gasteiger partial charge on any atom is -0.459 e. The molecule has 52 valence electrons. The lowest BCUT2D eigenvalue weighted by Gasteiger charge is -2.04. The molecule has 2 nitrogen and oxygen atoms in total. The van der Waals surface area contributed by atoms with Gasteiger partial charge in [-0.25, -0.2) is 0 Å². The molecule has 0 amide bonds. The number of hydrogen-bond donors (Lipinski definition) is 0. The minimum absolute atomic E-state index is 0.0903. The lowest BCUT2D eigenvalue weighted by molar-refractivity contribution is -0.143. The Labute approximate surface area is 55.5 Å². The molecule has 0 aromatic heterocycles. The van der Waals surface area contributed by atoms with Gasteiger partial charge < -0.3 is 4.74 Å². The fourth-order valence-corrected chi connectivity index (χ4v) is 0.572. The van der Waals surface area contributed by atoms with E-state index >= 15 is 0 Å². The van der Waals surface area contributed by atoms with Crippen molar-refractivity contribution in [2.75, 3.05) is 0 Å². The van der Waals surface area contributed by atoms with Crippen LogP contribution >= 0.6 is 0 Å². The molecule has 0 rings (SSSR count). The minimum atomic E-state index is -0.236. The van der Waals surface area contributed by atoms with Crippen LogP contribution in [0.25, 0.3) is 0 Å². The van der Waals surface area contributed by atoms with E-state index < -0.39 is 0 Å². The van der Waals surface area contributed by atoms with E-state index in [2.05, 4.69) is 0 Å². The van der Waals surface area contributed by atoms with Crippen molar-refractivity contribution in [1.29, 1.82) is 0 Å². The van der Waals surface area contributed by atoms with Gasteiger partial charge in [-0.05, 0) is 19.9 Å². The van der Waals surface area contributed by atoms with Crippen LogP contribution < -0.4 is 0 Å². The molecule has 0 aliphatic carbocycles. The second kappa shape index (κ2) is 4.13. The normalized spacial score (nSPS) is 13.7. The number of carbonyl (C=O) groups is 1. The molecule has 0 aliphatic rings. The topological polar surface area (TPSA) is 26.3 Å². The molecule has 0 aromatic rings. The number of esters is 1. The molecule has 0 N–H and O–H groups in total. The number of ether oxygens (including phenoxy) is 1. The van der Waals surface area contributed by atoms with Crippen LogP contribution in [0, 0.1) is 0 Å². The quantitative estimate of drug-likeness (QED) is 0.416. The van der Waals surface area contributed by atoms with Crippen LogP contribution in [-0.4, -0.2) is 12.1 Å². The number of carbonyl (C=O) groups excluding carboxylic acids is 1. The summed E-state index contributed by atoms with van der Waals surface area (Å²) in [5.74, 6) is -0.236. The summed E-state index contributed by atoms with van der Waals surface area (Å²) in [7, 11) is 0. The molecule has 9 heavy (non-hydrogen) atoms. The van der Waals surface area contributed by atoms with Crippen molar-refractivity contribution in [2.45, 2.75) is 26.9 Å². The second-order valence-corrected chi connectivity index (χ2v) is 1.84. The van der Waals surface area contributed by atoms with E-state index in [-0.39, 0.29) is 12.1 Å². The van der Waals surface area contributed by atoms with Crippen molar-refractivity contribution in [3.8, 4) is 0 Å². The average Bonchev–Trinajstić information content (AvgIpc) is 1.63. The lowest BCUT2D eigenvalue weighted by Crippen LogP contribution is -2.08.